The van der Waals surface area contributed by atoms with Crippen molar-refractivity contribution < 1.29 is 23.1 Å². The molecule has 1 rings (SSSR count). The normalized spacial score (nSPS) is 27.8. The van der Waals surface area contributed by atoms with E-state index in [1.807, 2.05) is 0 Å². The first kappa shape index (κ1) is 13.3. The molecule has 0 amide bonds. The van der Waals surface area contributed by atoms with Crippen LogP contribution in [0.25, 0.3) is 0 Å². The third-order valence-electron chi connectivity index (χ3n) is 2.75. The van der Waals surface area contributed by atoms with E-state index in [4.69, 9.17) is 16.7 Å². The highest BCUT2D eigenvalue weighted by Crippen LogP contribution is 2.45. The average Bonchev–Trinajstić information content (AvgIpc) is 2.58. The van der Waals surface area contributed by atoms with Gasteiger partial charge in [0.1, 0.15) is 0 Å². The zero-order valence-corrected chi connectivity index (χ0v) is 9.05. The quantitative estimate of drug-likeness (QED) is 0.842. The highest BCUT2D eigenvalue weighted by atomic mass is 35.5. The second-order valence-corrected chi connectivity index (χ2v) is 3.98. The lowest BCUT2D eigenvalue weighted by Gasteiger charge is -2.27. The summed E-state index contributed by atoms with van der Waals surface area (Å²) in [5.74, 6) is -1.81. The number of aliphatic carboxylic acids is 1. The molecule has 0 aromatic carbocycles. The van der Waals surface area contributed by atoms with E-state index in [9.17, 15) is 18.0 Å². The monoisotopic (exact) mass is 257 g/mol. The Bertz CT molecular complexity index is 306. The molecule has 3 nitrogen and oxygen atoms in total. The van der Waals surface area contributed by atoms with Gasteiger partial charge in [0, 0.05) is 18.6 Å². The number of rotatable bonds is 3. The van der Waals surface area contributed by atoms with Gasteiger partial charge < -0.3 is 5.11 Å². The highest BCUT2D eigenvalue weighted by molar-refractivity contribution is 6.25. The molecule has 1 N–H and O–H groups in total. The largest absolute Gasteiger partial charge is 0.481 e. The summed E-state index contributed by atoms with van der Waals surface area (Å²) >= 11 is 5.26. The van der Waals surface area contributed by atoms with Crippen molar-refractivity contribution in [2.75, 3.05) is 19.6 Å². The SMILES string of the molecule is O=C(O)C1(C(F)(F)F)CCN(CC=CCl)C1. The molecular weight excluding hydrogens is 247 g/mol. The molecule has 1 heterocycles. The van der Waals surface area contributed by atoms with Gasteiger partial charge in [0.05, 0.1) is 0 Å². The number of likely N-dealkylation sites (tertiary alicyclic amines) is 1. The molecule has 0 aromatic rings. The highest BCUT2D eigenvalue weighted by Gasteiger charge is 2.63. The van der Waals surface area contributed by atoms with Gasteiger partial charge in [-0.3, -0.25) is 9.69 Å². The number of carbonyl (C=O) groups is 1. The van der Waals surface area contributed by atoms with E-state index >= 15 is 0 Å². The van der Waals surface area contributed by atoms with E-state index in [0.29, 0.717) is 0 Å². The van der Waals surface area contributed by atoms with Crippen molar-refractivity contribution in [3.63, 3.8) is 0 Å². The van der Waals surface area contributed by atoms with E-state index in [0.717, 1.165) is 0 Å². The lowest BCUT2D eigenvalue weighted by atomic mass is 9.86. The number of alkyl halides is 3. The fourth-order valence-corrected chi connectivity index (χ4v) is 1.84. The Labute approximate surface area is 95.5 Å². The number of hydrogen-bond acceptors (Lipinski definition) is 2. The molecular formula is C9H11ClF3NO2. The lowest BCUT2D eigenvalue weighted by molar-refractivity contribution is -0.227. The fraction of sp³-hybridized carbons (Fsp3) is 0.667. The van der Waals surface area contributed by atoms with Gasteiger partial charge in [-0.15, -0.1) is 0 Å². The van der Waals surface area contributed by atoms with Crippen LogP contribution < -0.4 is 0 Å². The minimum Gasteiger partial charge on any atom is -0.481 e. The van der Waals surface area contributed by atoms with Gasteiger partial charge in [-0.1, -0.05) is 17.7 Å². The molecule has 0 spiro atoms. The molecule has 0 radical (unpaired) electrons. The van der Waals surface area contributed by atoms with Crippen molar-refractivity contribution in [3.05, 3.63) is 11.6 Å². The number of hydrogen-bond donors (Lipinski definition) is 1. The summed E-state index contributed by atoms with van der Waals surface area (Å²) in [4.78, 5) is 12.2. The molecule has 1 aliphatic rings. The Balaban J connectivity index is 2.81. The zero-order chi connectivity index (χ0) is 12.4. The van der Waals surface area contributed by atoms with E-state index in [1.54, 1.807) is 0 Å². The Morgan fingerprint density at radius 3 is 2.56 bits per heavy atom. The van der Waals surface area contributed by atoms with Crippen LogP contribution in [-0.4, -0.2) is 41.8 Å². The van der Waals surface area contributed by atoms with Gasteiger partial charge in [-0.2, -0.15) is 13.2 Å². The number of halogens is 4. The molecule has 0 aliphatic carbocycles. The topological polar surface area (TPSA) is 40.5 Å². The van der Waals surface area contributed by atoms with Crippen LogP contribution in [0.4, 0.5) is 13.2 Å². The molecule has 1 aliphatic heterocycles. The first-order chi connectivity index (χ1) is 7.33. The molecule has 16 heavy (non-hydrogen) atoms. The van der Waals surface area contributed by atoms with Crippen molar-refractivity contribution in [3.8, 4) is 0 Å². The molecule has 0 aromatic heterocycles. The van der Waals surface area contributed by atoms with Crippen LogP contribution >= 0.6 is 11.6 Å². The average molecular weight is 258 g/mol. The van der Waals surface area contributed by atoms with E-state index in [-0.39, 0.29) is 13.1 Å². The van der Waals surface area contributed by atoms with Crippen LogP contribution in [0.1, 0.15) is 6.42 Å². The van der Waals surface area contributed by atoms with Crippen molar-refractivity contribution in [1.29, 1.82) is 0 Å². The maximum atomic E-state index is 12.7. The Morgan fingerprint density at radius 2 is 2.19 bits per heavy atom. The minimum atomic E-state index is -4.72. The maximum absolute atomic E-state index is 12.7. The predicted octanol–water partition coefficient (Wildman–Crippen LogP) is 2.08. The van der Waals surface area contributed by atoms with Crippen molar-refractivity contribution in [2.45, 2.75) is 12.6 Å². The number of carboxylic acid groups (broad SMARTS) is 1. The number of nitrogens with zero attached hydrogens (tertiary/aromatic N) is 1. The lowest BCUT2D eigenvalue weighted by Crippen LogP contribution is -2.47. The van der Waals surface area contributed by atoms with Crippen molar-refractivity contribution in [2.24, 2.45) is 5.41 Å². The van der Waals surface area contributed by atoms with Gasteiger partial charge in [0.25, 0.3) is 0 Å². The molecule has 1 unspecified atom stereocenters. The fourth-order valence-electron chi connectivity index (χ4n) is 1.76. The second-order valence-electron chi connectivity index (χ2n) is 3.73. The summed E-state index contributed by atoms with van der Waals surface area (Å²) in [7, 11) is 0. The minimum absolute atomic E-state index is 0.104. The molecule has 92 valence electrons. The Kier molecular flexibility index (Phi) is 3.85. The van der Waals surface area contributed by atoms with E-state index in [1.165, 1.54) is 16.5 Å². The second kappa shape index (κ2) is 4.63. The van der Waals surface area contributed by atoms with Crippen molar-refractivity contribution in [1.82, 2.24) is 4.90 Å². The summed E-state index contributed by atoms with van der Waals surface area (Å²) in [6, 6.07) is 0. The first-order valence-electron chi connectivity index (χ1n) is 4.61. The van der Waals surface area contributed by atoms with Gasteiger partial charge in [-0.05, 0) is 13.0 Å². The summed E-state index contributed by atoms with van der Waals surface area (Å²) in [5.41, 5.74) is -1.43. The van der Waals surface area contributed by atoms with Crippen LogP contribution in [0.3, 0.4) is 0 Å². The molecule has 0 bridgehead atoms. The van der Waals surface area contributed by atoms with Crippen LogP contribution in [0.2, 0.25) is 0 Å². The van der Waals surface area contributed by atoms with Crippen LogP contribution in [-0.2, 0) is 4.79 Å². The summed E-state index contributed by atoms with van der Waals surface area (Å²) in [5, 5.41) is 8.75. The molecule has 1 atom stereocenters. The first-order valence-corrected chi connectivity index (χ1v) is 5.05. The third kappa shape index (κ3) is 2.32. The maximum Gasteiger partial charge on any atom is 0.406 e. The van der Waals surface area contributed by atoms with Gasteiger partial charge in [0.2, 0.25) is 0 Å². The van der Waals surface area contributed by atoms with Gasteiger partial charge >= 0.3 is 12.1 Å². The van der Waals surface area contributed by atoms with Crippen LogP contribution in [0, 0.1) is 5.41 Å². The van der Waals surface area contributed by atoms with Gasteiger partial charge in [-0.25, -0.2) is 0 Å². The molecule has 0 saturated carbocycles. The van der Waals surface area contributed by atoms with Crippen LogP contribution in [0.5, 0.6) is 0 Å². The molecule has 7 heteroatoms. The van der Waals surface area contributed by atoms with E-state index < -0.39 is 30.5 Å². The van der Waals surface area contributed by atoms with Crippen molar-refractivity contribution >= 4 is 17.6 Å². The van der Waals surface area contributed by atoms with Crippen LogP contribution in [0.15, 0.2) is 11.6 Å². The Hall–Kier alpha value is -0.750. The predicted molar refractivity (Wildman–Crippen MR) is 52.2 cm³/mol. The summed E-state index contributed by atoms with van der Waals surface area (Å²) in [6.45, 7) is -0.186. The summed E-state index contributed by atoms with van der Waals surface area (Å²) in [6.07, 6.45) is -3.66. The number of carboxylic acids is 1. The smallest absolute Gasteiger partial charge is 0.406 e. The Morgan fingerprint density at radius 1 is 1.56 bits per heavy atom. The zero-order valence-electron chi connectivity index (χ0n) is 8.30. The molecule has 1 fully saturated rings. The van der Waals surface area contributed by atoms with Gasteiger partial charge in [0.15, 0.2) is 5.41 Å². The summed E-state index contributed by atoms with van der Waals surface area (Å²) < 4.78 is 38.1. The standard InChI is InChI=1S/C9H11ClF3NO2/c10-3-1-4-14-5-2-8(6-14,7(15)16)9(11,12)13/h1,3H,2,4-6H2,(H,15,16). The molecule has 1 saturated heterocycles. The third-order valence-corrected chi connectivity index (χ3v) is 2.93. The van der Waals surface area contributed by atoms with E-state index in [2.05, 4.69) is 0 Å².